The van der Waals surface area contributed by atoms with Gasteiger partial charge in [0.2, 0.25) is 0 Å². The normalized spacial score (nSPS) is 31.2. The van der Waals surface area contributed by atoms with Gasteiger partial charge in [-0.3, -0.25) is 9.05 Å². The number of phosphoric acid groups is 1. The highest BCUT2D eigenvalue weighted by Crippen LogP contribution is 2.57. The second kappa shape index (κ2) is 12.7. The van der Waals surface area contributed by atoms with Gasteiger partial charge in [0.15, 0.2) is 0 Å². The molecule has 0 saturated heterocycles. The molecule has 0 aromatic carbocycles. The summed E-state index contributed by atoms with van der Waals surface area (Å²) in [4.78, 5) is 9.70. The Kier molecular flexibility index (Phi) is 10.6. The van der Waals surface area contributed by atoms with Crippen LogP contribution in [0.4, 0.5) is 0 Å². The minimum absolute atomic E-state index is 0.236. The lowest BCUT2D eigenvalue weighted by molar-refractivity contribution is -0.870. The Morgan fingerprint density at radius 2 is 1.19 bits per heavy atom. The van der Waals surface area contributed by atoms with Crippen LogP contribution in [0.15, 0.2) is 0 Å². The number of hydrogen-bond acceptors (Lipinski definition) is 3. The molecular weight excluding hydrogens is 421 g/mol. The molecule has 5 nitrogen and oxygen atoms in total. The lowest BCUT2D eigenvalue weighted by Crippen LogP contribution is -2.44. The second-order valence-corrected chi connectivity index (χ2v) is 13.7. The first-order valence-corrected chi connectivity index (χ1v) is 15.1. The van der Waals surface area contributed by atoms with Crippen LogP contribution < -0.4 is 0 Å². The molecule has 0 heterocycles. The molecule has 0 aromatic rings. The van der Waals surface area contributed by atoms with Gasteiger partial charge in [-0.2, -0.15) is 0 Å². The molecular formula is C26H51NO4P+. The van der Waals surface area contributed by atoms with Gasteiger partial charge in [0.05, 0.1) is 27.7 Å². The van der Waals surface area contributed by atoms with Crippen LogP contribution in [0.1, 0.15) is 96.3 Å². The molecule has 4 saturated carbocycles. The fraction of sp³-hybridized carbons (Fsp3) is 1.00. The Balaban J connectivity index is 1.09. The summed E-state index contributed by atoms with van der Waals surface area (Å²) in [5.74, 6) is 5.51. The Morgan fingerprint density at radius 1 is 0.719 bits per heavy atom. The molecule has 188 valence electrons. The van der Waals surface area contributed by atoms with E-state index in [9.17, 15) is 9.46 Å². The minimum Gasteiger partial charge on any atom is -0.329 e. The molecule has 4 rings (SSSR count). The zero-order valence-corrected chi connectivity index (χ0v) is 22.1. The van der Waals surface area contributed by atoms with Crippen molar-refractivity contribution in [3.8, 4) is 0 Å². The molecule has 1 N–H and O–H groups in total. The molecule has 6 heteroatoms. The Bertz CT molecular complexity index is 563. The highest BCUT2D eigenvalue weighted by Gasteiger charge is 2.47. The summed E-state index contributed by atoms with van der Waals surface area (Å²) in [5.41, 5.74) is 0. The maximum Gasteiger partial charge on any atom is 0.472 e. The molecule has 1 atom stereocenters. The van der Waals surface area contributed by atoms with Crippen molar-refractivity contribution < 1.29 is 23.0 Å². The van der Waals surface area contributed by atoms with Crippen LogP contribution in [-0.4, -0.2) is 50.3 Å². The van der Waals surface area contributed by atoms with Gasteiger partial charge in [0.25, 0.3) is 0 Å². The standard InChI is InChI=1S/C26H50NO4P/c1-27(2,3)14-16-31-32(28,29)30-15-12-10-8-6-4-5-7-9-11-13-26-24-18-22-17-23(20-24)21-25(26)19-22/h22-26H,4-21H2,1-3H3/p+1. The summed E-state index contributed by atoms with van der Waals surface area (Å²) in [7, 11) is 2.19. The van der Waals surface area contributed by atoms with Gasteiger partial charge in [0.1, 0.15) is 13.2 Å². The summed E-state index contributed by atoms with van der Waals surface area (Å²) in [6.07, 6.45) is 20.7. The van der Waals surface area contributed by atoms with E-state index in [4.69, 9.17) is 9.05 Å². The van der Waals surface area contributed by atoms with Crippen LogP contribution in [0.5, 0.6) is 0 Å². The zero-order valence-electron chi connectivity index (χ0n) is 21.2. The SMILES string of the molecule is C[N+](C)(C)CCOP(=O)(O)OCCCCCCCCCCCC1C2CC3CC(C2)CC1C3. The number of quaternary nitrogens is 1. The third-order valence-electron chi connectivity index (χ3n) is 8.37. The summed E-state index contributed by atoms with van der Waals surface area (Å²) in [6, 6.07) is 0. The van der Waals surface area contributed by atoms with Crippen LogP contribution in [0.2, 0.25) is 0 Å². The van der Waals surface area contributed by atoms with Crippen molar-refractivity contribution in [3.05, 3.63) is 0 Å². The van der Waals surface area contributed by atoms with Crippen LogP contribution in [0.3, 0.4) is 0 Å². The fourth-order valence-electron chi connectivity index (χ4n) is 6.88. The fourth-order valence-corrected chi connectivity index (χ4v) is 7.62. The third kappa shape index (κ3) is 9.37. The predicted molar refractivity (Wildman–Crippen MR) is 131 cm³/mol. The summed E-state index contributed by atoms with van der Waals surface area (Å²) < 4.78 is 22.7. The number of nitrogens with zero attached hydrogens (tertiary/aromatic N) is 1. The number of rotatable bonds is 17. The average Bonchev–Trinajstić information content (AvgIpc) is 2.68. The molecule has 32 heavy (non-hydrogen) atoms. The van der Waals surface area contributed by atoms with Gasteiger partial charge in [0, 0.05) is 0 Å². The van der Waals surface area contributed by atoms with E-state index in [2.05, 4.69) is 0 Å². The van der Waals surface area contributed by atoms with Gasteiger partial charge in [-0.1, -0.05) is 51.4 Å². The third-order valence-corrected chi connectivity index (χ3v) is 9.39. The lowest BCUT2D eigenvalue weighted by Gasteiger charge is -2.54. The first-order valence-electron chi connectivity index (χ1n) is 13.6. The number of hydrogen-bond donors (Lipinski definition) is 1. The topological polar surface area (TPSA) is 55.8 Å². The van der Waals surface area contributed by atoms with Crippen molar-refractivity contribution in [1.29, 1.82) is 0 Å². The van der Waals surface area contributed by atoms with Crippen molar-refractivity contribution in [2.24, 2.45) is 29.6 Å². The smallest absolute Gasteiger partial charge is 0.329 e. The molecule has 0 amide bonds. The molecule has 0 aromatic heterocycles. The van der Waals surface area contributed by atoms with Crippen molar-refractivity contribution in [3.63, 3.8) is 0 Å². The van der Waals surface area contributed by atoms with Crippen LogP contribution >= 0.6 is 7.82 Å². The minimum atomic E-state index is -3.88. The first-order chi connectivity index (χ1) is 15.2. The molecule has 4 bridgehead atoms. The quantitative estimate of drug-likeness (QED) is 0.144. The Hall–Kier alpha value is 0.0700. The lowest BCUT2D eigenvalue weighted by atomic mass is 9.51. The molecule has 4 aliphatic rings. The van der Waals surface area contributed by atoms with E-state index in [1.807, 2.05) is 21.1 Å². The van der Waals surface area contributed by atoms with Gasteiger partial charge in [-0.25, -0.2) is 4.57 Å². The van der Waals surface area contributed by atoms with Crippen molar-refractivity contribution >= 4 is 7.82 Å². The van der Waals surface area contributed by atoms with Crippen LogP contribution in [0.25, 0.3) is 0 Å². The van der Waals surface area contributed by atoms with E-state index >= 15 is 0 Å². The second-order valence-electron chi connectivity index (χ2n) is 12.2. The maximum absolute atomic E-state index is 11.8. The number of unbranched alkanes of at least 4 members (excludes halogenated alkanes) is 8. The number of phosphoric ester groups is 1. The molecule has 4 fully saturated rings. The molecule has 0 spiro atoms. The van der Waals surface area contributed by atoms with E-state index in [-0.39, 0.29) is 6.61 Å². The summed E-state index contributed by atoms with van der Waals surface area (Å²) in [6.45, 7) is 1.22. The molecule has 0 aliphatic heterocycles. The van der Waals surface area contributed by atoms with Crippen molar-refractivity contribution in [2.75, 3.05) is 40.9 Å². The van der Waals surface area contributed by atoms with E-state index in [1.54, 1.807) is 32.1 Å². The van der Waals surface area contributed by atoms with Crippen LogP contribution in [0, 0.1) is 29.6 Å². The van der Waals surface area contributed by atoms with Gasteiger partial charge in [-0.05, 0) is 74.5 Å². The largest absolute Gasteiger partial charge is 0.472 e. The Morgan fingerprint density at radius 3 is 1.72 bits per heavy atom. The van der Waals surface area contributed by atoms with Gasteiger partial charge < -0.3 is 9.38 Å². The zero-order chi connectivity index (χ0) is 23.0. The van der Waals surface area contributed by atoms with E-state index in [0.717, 1.165) is 42.4 Å². The number of likely N-dealkylation sites (N-methyl/N-ethyl adjacent to an activating group) is 1. The predicted octanol–water partition coefficient (Wildman–Crippen LogP) is 6.80. The van der Waals surface area contributed by atoms with Crippen molar-refractivity contribution in [1.82, 2.24) is 0 Å². The summed E-state index contributed by atoms with van der Waals surface area (Å²) in [5, 5.41) is 0. The molecule has 4 aliphatic carbocycles. The highest BCUT2D eigenvalue weighted by atomic mass is 31.2. The van der Waals surface area contributed by atoms with E-state index in [1.165, 1.54) is 51.4 Å². The van der Waals surface area contributed by atoms with Gasteiger partial charge >= 0.3 is 7.82 Å². The molecule has 1 unspecified atom stereocenters. The van der Waals surface area contributed by atoms with E-state index in [0.29, 0.717) is 17.6 Å². The Labute approximate surface area is 197 Å². The maximum atomic E-state index is 11.8. The van der Waals surface area contributed by atoms with Crippen molar-refractivity contribution in [2.45, 2.75) is 96.3 Å². The summed E-state index contributed by atoms with van der Waals surface area (Å²) >= 11 is 0. The first kappa shape index (κ1) is 26.7. The van der Waals surface area contributed by atoms with E-state index < -0.39 is 7.82 Å². The monoisotopic (exact) mass is 472 g/mol. The average molecular weight is 473 g/mol. The van der Waals surface area contributed by atoms with Crippen LogP contribution in [-0.2, 0) is 13.6 Å². The highest BCUT2D eigenvalue weighted by molar-refractivity contribution is 7.47. The molecule has 0 radical (unpaired) electrons. The van der Waals surface area contributed by atoms with Gasteiger partial charge in [-0.15, -0.1) is 0 Å².